The van der Waals surface area contributed by atoms with Gasteiger partial charge in [0.05, 0.1) is 12.9 Å². The summed E-state index contributed by atoms with van der Waals surface area (Å²) in [6.45, 7) is 3.41. The summed E-state index contributed by atoms with van der Waals surface area (Å²) >= 11 is 0. The molecule has 2 N–H and O–H groups in total. The van der Waals surface area contributed by atoms with Gasteiger partial charge in [0, 0.05) is 5.56 Å². The van der Waals surface area contributed by atoms with Crippen LogP contribution in [0, 0.1) is 0 Å². The second-order valence-electron chi connectivity index (χ2n) is 6.27. The lowest BCUT2D eigenvalue weighted by Gasteiger charge is -2.15. The number of hydrogen-bond acceptors (Lipinski definition) is 7. The smallest absolute Gasteiger partial charge is 0.256 e. The second kappa shape index (κ2) is 7.41. The Labute approximate surface area is 158 Å². The van der Waals surface area contributed by atoms with E-state index in [4.69, 9.17) is 4.74 Å². The summed E-state index contributed by atoms with van der Waals surface area (Å²) in [5.41, 5.74) is 1.01. The van der Waals surface area contributed by atoms with E-state index < -0.39 is 24.6 Å². The number of halogens is 1. The van der Waals surface area contributed by atoms with Crippen molar-refractivity contribution in [2.75, 3.05) is 11.9 Å². The van der Waals surface area contributed by atoms with Crippen molar-refractivity contribution in [2.45, 2.75) is 24.6 Å². The van der Waals surface area contributed by atoms with Gasteiger partial charge in [-0.05, 0) is 18.9 Å². The molecule has 9 nitrogen and oxygen atoms in total. The van der Waals surface area contributed by atoms with E-state index in [0.717, 1.165) is 0 Å². The van der Waals surface area contributed by atoms with Crippen LogP contribution < -0.4 is 5.32 Å². The van der Waals surface area contributed by atoms with Crippen LogP contribution in [0.1, 0.15) is 16.6 Å². The molecule has 4 atom stereocenters. The maximum atomic E-state index is 14.6. The molecule has 1 unspecified atom stereocenters. The molecule has 0 saturated carbocycles. The summed E-state index contributed by atoms with van der Waals surface area (Å²) in [4.78, 5) is 28.4. The first kappa shape index (κ1) is 18.1. The summed E-state index contributed by atoms with van der Waals surface area (Å²) in [5.74, 6) is -0.168. The van der Waals surface area contributed by atoms with E-state index in [0.29, 0.717) is 5.56 Å². The van der Waals surface area contributed by atoms with Crippen molar-refractivity contribution >= 4 is 29.6 Å². The molecule has 28 heavy (non-hydrogen) atoms. The van der Waals surface area contributed by atoms with Gasteiger partial charge in [-0.1, -0.05) is 18.2 Å². The first-order valence-electron chi connectivity index (χ1n) is 8.54. The third-order valence-corrected chi connectivity index (χ3v) is 4.50. The molecular formula is C18H17FN6O3. The van der Waals surface area contributed by atoms with Crippen LogP contribution in [0.2, 0.25) is 0 Å². The zero-order valence-electron chi connectivity index (χ0n) is 14.6. The number of rotatable bonds is 5. The maximum absolute atomic E-state index is 14.6. The molecule has 1 fully saturated rings. The van der Waals surface area contributed by atoms with E-state index in [1.165, 1.54) is 17.2 Å². The number of aliphatic imine (C=N–C) groups is 1. The van der Waals surface area contributed by atoms with Gasteiger partial charge in [-0.25, -0.2) is 19.3 Å². The van der Waals surface area contributed by atoms with Crippen molar-refractivity contribution in [1.29, 1.82) is 0 Å². The van der Waals surface area contributed by atoms with Gasteiger partial charge in [-0.3, -0.25) is 14.4 Å². The van der Waals surface area contributed by atoms with Crippen LogP contribution >= 0.6 is 0 Å². The van der Waals surface area contributed by atoms with E-state index >= 15 is 0 Å². The van der Waals surface area contributed by atoms with Crippen LogP contribution in [0.15, 0.2) is 48.0 Å². The van der Waals surface area contributed by atoms with Crippen molar-refractivity contribution < 1.29 is 19.0 Å². The summed E-state index contributed by atoms with van der Waals surface area (Å²) in [6.07, 6.45) is -2.39. The Balaban J connectivity index is 1.64. The van der Waals surface area contributed by atoms with Gasteiger partial charge < -0.3 is 15.2 Å². The molecule has 1 amide bonds. The van der Waals surface area contributed by atoms with Crippen molar-refractivity contribution in [2.24, 2.45) is 4.99 Å². The quantitative estimate of drug-likeness (QED) is 0.642. The molecule has 1 saturated heterocycles. The number of aliphatic hydroxyl groups excluding tert-OH is 1. The van der Waals surface area contributed by atoms with E-state index in [1.54, 1.807) is 30.3 Å². The van der Waals surface area contributed by atoms with Crippen LogP contribution in [-0.2, 0) is 4.74 Å². The summed E-state index contributed by atoms with van der Waals surface area (Å²) in [5, 5.41) is 12.7. The highest BCUT2D eigenvalue weighted by molar-refractivity contribution is 6.06. The summed E-state index contributed by atoms with van der Waals surface area (Å²) in [7, 11) is 0. The summed E-state index contributed by atoms with van der Waals surface area (Å²) in [6, 6.07) is 8.64. The van der Waals surface area contributed by atoms with Gasteiger partial charge in [-0.15, -0.1) is 0 Å². The number of amides is 1. The number of carbonyl (C=O) groups excluding carboxylic acids is 1. The SMILES string of the molecule is C=NC[C@H]1OC(n2cnc3c(NC(=O)c4ccccc4)ncnc32)[C@H](F)[C@@H]1O. The topological polar surface area (TPSA) is 115 Å². The third kappa shape index (κ3) is 3.12. The Hall–Kier alpha value is -3.24. The Morgan fingerprint density at radius 1 is 1.32 bits per heavy atom. The van der Waals surface area contributed by atoms with Crippen molar-refractivity contribution in [3.63, 3.8) is 0 Å². The van der Waals surface area contributed by atoms with Crippen LogP contribution in [0.3, 0.4) is 0 Å². The standard InChI is InChI=1S/C18H17FN6O3/c1-20-7-11-14(26)12(19)18(28-11)25-9-23-13-15(21-8-22-16(13)25)24-17(27)10-5-3-2-4-6-10/h2-6,8-9,11-12,14,18,26H,1,7H2,(H,21,22,24,27)/t11-,12-,14-,18?/m1/s1. The highest BCUT2D eigenvalue weighted by Gasteiger charge is 2.45. The van der Waals surface area contributed by atoms with Gasteiger partial charge in [0.25, 0.3) is 5.91 Å². The number of fused-ring (bicyclic) bond motifs is 1. The van der Waals surface area contributed by atoms with Crippen molar-refractivity contribution in [3.05, 3.63) is 48.5 Å². The maximum Gasteiger partial charge on any atom is 0.256 e. The first-order valence-corrected chi connectivity index (χ1v) is 8.54. The van der Waals surface area contributed by atoms with E-state index in [2.05, 4.69) is 32.0 Å². The van der Waals surface area contributed by atoms with Crippen LogP contribution in [-0.4, -0.2) is 62.2 Å². The molecule has 0 radical (unpaired) electrons. The molecule has 3 aromatic rings. The van der Waals surface area contributed by atoms with Gasteiger partial charge in [0.1, 0.15) is 18.5 Å². The van der Waals surface area contributed by atoms with Crippen LogP contribution in [0.4, 0.5) is 10.2 Å². The normalized spacial score (nSPS) is 24.4. The van der Waals surface area contributed by atoms with Crippen LogP contribution in [0.5, 0.6) is 0 Å². The Morgan fingerprint density at radius 2 is 2.11 bits per heavy atom. The molecule has 10 heteroatoms. The van der Waals surface area contributed by atoms with Crippen LogP contribution in [0.25, 0.3) is 11.2 Å². The number of aliphatic hydroxyl groups is 1. The number of anilines is 1. The minimum absolute atomic E-state index is 0.0675. The molecule has 1 aromatic carbocycles. The molecular weight excluding hydrogens is 367 g/mol. The second-order valence-corrected chi connectivity index (χ2v) is 6.27. The number of ether oxygens (including phenoxy) is 1. The zero-order valence-corrected chi connectivity index (χ0v) is 14.6. The average Bonchev–Trinajstić information content (AvgIpc) is 3.26. The molecule has 0 aliphatic carbocycles. The van der Waals surface area contributed by atoms with Crippen molar-refractivity contribution in [3.8, 4) is 0 Å². The van der Waals surface area contributed by atoms with E-state index in [1.807, 2.05) is 0 Å². The summed E-state index contributed by atoms with van der Waals surface area (Å²) < 4.78 is 21.5. The number of nitrogens with zero attached hydrogens (tertiary/aromatic N) is 5. The van der Waals surface area contributed by atoms with Gasteiger partial charge in [0.2, 0.25) is 0 Å². The molecule has 1 aliphatic rings. The lowest BCUT2D eigenvalue weighted by molar-refractivity contribution is -0.0177. The number of alkyl halides is 1. The minimum atomic E-state index is -1.69. The molecule has 0 bridgehead atoms. The Morgan fingerprint density at radius 3 is 2.86 bits per heavy atom. The van der Waals surface area contributed by atoms with Gasteiger partial charge in [0.15, 0.2) is 29.4 Å². The zero-order chi connectivity index (χ0) is 19.7. The van der Waals surface area contributed by atoms with E-state index in [9.17, 15) is 14.3 Å². The molecule has 0 spiro atoms. The molecule has 4 rings (SSSR count). The number of hydrogen-bond donors (Lipinski definition) is 2. The predicted molar refractivity (Wildman–Crippen MR) is 98.9 cm³/mol. The van der Waals surface area contributed by atoms with Gasteiger partial charge in [-0.2, -0.15) is 0 Å². The number of nitrogens with one attached hydrogen (secondary N) is 1. The fraction of sp³-hybridized carbons (Fsp3) is 0.278. The Bertz CT molecular complexity index is 1010. The number of carbonyl (C=O) groups is 1. The highest BCUT2D eigenvalue weighted by Crippen LogP contribution is 2.34. The van der Waals surface area contributed by atoms with E-state index in [-0.39, 0.29) is 29.4 Å². The molecule has 3 heterocycles. The number of imidazole rings is 1. The molecule has 2 aromatic heterocycles. The fourth-order valence-corrected chi connectivity index (χ4v) is 3.10. The predicted octanol–water partition coefficient (Wildman–Crippen LogP) is 1.38. The molecule has 144 valence electrons. The van der Waals surface area contributed by atoms with Gasteiger partial charge >= 0.3 is 0 Å². The Kier molecular flexibility index (Phi) is 4.80. The monoisotopic (exact) mass is 384 g/mol. The fourth-order valence-electron chi connectivity index (χ4n) is 3.10. The van der Waals surface area contributed by atoms with Crippen molar-refractivity contribution in [1.82, 2.24) is 19.5 Å². The lowest BCUT2D eigenvalue weighted by atomic mass is 10.1. The number of benzene rings is 1. The third-order valence-electron chi connectivity index (χ3n) is 4.50. The minimum Gasteiger partial charge on any atom is -0.387 e. The number of aromatic nitrogens is 4. The first-order chi connectivity index (χ1) is 13.6. The lowest BCUT2D eigenvalue weighted by Crippen LogP contribution is -2.30. The largest absolute Gasteiger partial charge is 0.387 e. The average molecular weight is 384 g/mol. The molecule has 1 aliphatic heterocycles. The highest BCUT2D eigenvalue weighted by atomic mass is 19.1.